The Bertz CT molecular complexity index is 1320. The summed E-state index contributed by atoms with van der Waals surface area (Å²) in [6.07, 6.45) is 3.37. The molecule has 0 aromatic heterocycles. The quantitative estimate of drug-likeness (QED) is 0.393. The van der Waals surface area contributed by atoms with Gasteiger partial charge in [-0.15, -0.1) is 0 Å². The van der Waals surface area contributed by atoms with Crippen LogP contribution in [0.3, 0.4) is 0 Å². The minimum absolute atomic E-state index is 0.0233. The van der Waals surface area contributed by atoms with E-state index in [1.165, 1.54) is 12.5 Å². The number of hydrogen-bond acceptors (Lipinski definition) is 6. The molecule has 2 aliphatic heterocycles. The molecule has 2 heterocycles. The van der Waals surface area contributed by atoms with Crippen molar-refractivity contribution in [1.29, 1.82) is 0 Å². The molecule has 13 heteroatoms. The third-order valence-corrected chi connectivity index (χ3v) is 7.98. The lowest BCUT2D eigenvalue weighted by molar-refractivity contribution is -0.139. The fraction of sp³-hybridized carbons (Fsp3) is 0.292. The van der Waals surface area contributed by atoms with Gasteiger partial charge >= 0.3 is 5.97 Å². The van der Waals surface area contributed by atoms with Crippen molar-refractivity contribution in [2.24, 2.45) is 0 Å². The summed E-state index contributed by atoms with van der Waals surface area (Å²) in [5, 5.41) is 18.6. The third-order valence-electron chi connectivity index (χ3n) is 6.10. The van der Waals surface area contributed by atoms with Gasteiger partial charge in [-0.25, -0.2) is 4.79 Å². The molecule has 2 aliphatic rings. The molecule has 4 rings (SSSR count). The minimum Gasteiger partial charge on any atom is -0.480 e. The van der Waals surface area contributed by atoms with E-state index in [2.05, 4.69) is 16.0 Å². The summed E-state index contributed by atoms with van der Waals surface area (Å²) < 4.78 is 11.6. The van der Waals surface area contributed by atoms with Gasteiger partial charge in [0.25, 0.3) is 11.8 Å². The van der Waals surface area contributed by atoms with Gasteiger partial charge in [-0.3, -0.25) is 13.8 Å². The third kappa shape index (κ3) is 6.04. The molecular formula is C24H23Cl3N4O5S. The maximum Gasteiger partial charge on any atom is 0.326 e. The second-order valence-electron chi connectivity index (χ2n) is 8.60. The van der Waals surface area contributed by atoms with E-state index in [-0.39, 0.29) is 34.5 Å². The summed E-state index contributed by atoms with van der Waals surface area (Å²) >= 11 is 18.9. The number of nitrogens with zero attached hydrogens (tertiary/aromatic N) is 1. The fourth-order valence-corrected chi connectivity index (χ4v) is 5.65. The number of aliphatic carboxylic acids is 1. The van der Waals surface area contributed by atoms with Gasteiger partial charge in [-0.1, -0.05) is 34.8 Å². The van der Waals surface area contributed by atoms with E-state index in [1.807, 2.05) is 0 Å². The van der Waals surface area contributed by atoms with Gasteiger partial charge in [0.15, 0.2) is 5.50 Å². The Labute approximate surface area is 230 Å². The standard InChI is InChI=1S/C24H23Cl3N4O5S/c1-37(36)24-28-10-15(29-24)9-18(23(34)35)30-21(32)19-17(26)8-13-11-31(7-6-16(13)20(19)27)22(33)12-2-4-14(25)5-3-12/h2-5,8,10,18,24,28-29H,6-7,9,11H2,1H3,(H,30,32)(H,34,35)/t18-,24?,37?/m0/s1. The molecule has 2 amide bonds. The van der Waals surface area contributed by atoms with E-state index in [9.17, 15) is 23.7 Å². The molecule has 2 unspecified atom stereocenters. The highest BCUT2D eigenvalue weighted by Gasteiger charge is 2.31. The summed E-state index contributed by atoms with van der Waals surface area (Å²) in [4.78, 5) is 39.5. The molecule has 0 saturated heterocycles. The average Bonchev–Trinajstić information content (AvgIpc) is 3.32. The van der Waals surface area contributed by atoms with Crippen molar-refractivity contribution < 1.29 is 23.7 Å². The zero-order valence-electron chi connectivity index (χ0n) is 19.5. The first-order chi connectivity index (χ1) is 17.5. The lowest BCUT2D eigenvalue weighted by Gasteiger charge is -2.30. The first-order valence-electron chi connectivity index (χ1n) is 11.2. The number of benzene rings is 2. The van der Waals surface area contributed by atoms with Crippen molar-refractivity contribution in [2.75, 3.05) is 12.8 Å². The Morgan fingerprint density at radius 1 is 1.22 bits per heavy atom. The molecule has 3 atom stereocenters. The van der Waals surface area contributed by atoms with E-state index in [0.29, 0.717) is 40.4 Å². The SMILES string of the molecule is CS(=O)C1NC=C(C[C@H](NC(=O)c2c(Cl)cc3c(c2Cl)CCN(C(=O)c2ccc(Cl)cc2)C3)C(=O)O)N1. The summed E-state index contributed by atoms with van der Waals surface area (Å²) in [5.74, 6) is -2.15. The molecule has 4 N–H and O–H groups in total. The van der Waals surface area contributed by atoms with Crippen LogP contribution in [0.5, 0.6) is 0 Å². The zero-order valence-corrected chi connectivity index (χ0v) is 22.6. The molecule has 0 fully saturated rings. The number of carbonyl (C=O) groups is 3. The number of hydrogen-bond donors (Lipinski definition) is 4. The summed E-state index contributed by atoms with van der Waals surface area (Å²) in [7, 11) is -1.23. The van der Waals surface area contributed by atoms with Crippen molar-refractivity contribution in [3.05, 3.63) is 79.6 Å². The maximum absolute atomic E-state index is 13.1. The lowest BCUT2D eigenvalue weighted by Crippen LogP contribution is -2.43. The minimum atomic E-state index is -1.28. The van der Waals surface area contributed by atoms with Crippen LogP contribution in [0.15, 0.2) is 42.2 Å². The van der Waals surface area contributed by atoms with E-state index >= 15 is 0 Å². The fourth-order valence-electron chi connectivity index (χ4n) is 4.18. The second-order valence-corrected chi connectivity index (χ2v) is 11.3. The Kier molecular flexibility index (Phi) is 8.33. The van der Waals surface area contributed by atoms with E-state index in [1.54, 1.807) is 35.2 Å². The van der Waals surface area contributed by atoms with Crippen LogP contribution in [-0.4, -0.2) is 56.3 Å². The van der Waals surface area contributed by atoms with Gasteiger partial charge < -0.3 is 26.0 Å². The Morgan fingerprint density at radius 2 is 1.92 bits per heavy atom. The monoisotopic (exact) mass is 584 g/mol. The number of nitrogens with one attached hydrogen (secondary N) is 3. The predicted octanol–water partition coefficient (Wildman–Crippen LogP) is 3.11. The van der Waals surface area contributed by atoms with Gasteiger partial charge in [0.2, 0.25) is 0 Å². The molecule has 0 aliphatic carbocycles. The number of halogens is 3. The molecule has 196 valence electrons. The Hall–Kier alpha value is -2.79. The smallest absolute Gasteiger partial charge is 0.326 e. The summed E-state index contributed by atoms with van der Waals surface area (Å²) in [6, 6.07) is 6.90. The Balaban J connectivity index is 1.49. The van der Waals surface area contributed by atoms with Crippen molar-refractivity contribution in [1.82, 2.24) is 20.9 Å². The summed E-state index contributed by atoms with van der Waals surface area (Å²) in [6.45, 7) is 0.629. The van der Waals surface area contributed by atoms with Gasteiger partial charge in [0.1, 0.15) is 6.04 Å². The lowest BCUT2D eigenvalue weighted by atomic mass is 9.95. The van der Waals surface area contributed by atoms with Crippen LogP contribution in [-0.2, 0) is 28.6 Å². The average molecular weight is 586 g/mol. The molecule has 37 heavy (non-hydrogen) atoms. The molecule has 0 bridgehead atoms. The van der Waals surface area contributed by atoms with Crippen molar-refractivity contribution >= 4 is 63.4 Å². The number of rotatable bonds is 7. The van der Waals surface area contributed by atoms with Gasteiger partial charge in [0, 0.05) is 48.2 Å². The molecule has 9 nitrogen and oxygen atoms in total. The van der Waals surface area contributed by atoms with E-state index < -0.39 is 34.2 Å². The zero-order chi connectivity index (χ0) is 26.9. The number of carbonyl (C=O) groups excluding carboxylic acids is 2. The normalized spacial score (nSPS) is 18.1. The maximum atomic E-state index is 13.1. The van der Waals surface area contributed by atoms with Crippen molar-refractivity contribution in [2.45, 2.75) is 30.9 Å². The molecule has 0 radical (unpaired) electrons. The first kappa shape index (κ1) is 27.3. The Morgan fingerprint density at radius 3 is 2.54 bits per heavy atom. The van der Waals surface area contributed by atoms with Crippen LogP contribution in [0.4, 0.5) is 0 Å². The van der Waals surface area contributed by atoms with Crippen LogP contribution in [0.1, 0.15) is 38.3 Å². The van der Waals surface area contributed by atoms with Crippen molar-refractivity contribution in [3.8, 4) is 0 Å². The van der Waals surface area contributed by atoms with Crippen LogP contribution in [0.25, 0.3) is 0 Å². The van der Waals surface area contributed by atoms with Crippen LogP contribution in [0, 0.1) is 0 Å². The highest BCUT2D eigenvalue weighted by atomic mass is 35.5. The molecule has 2 aromatic rings. The van der Waals surface area contributed by atoms with Crippen LogP contribution >= 0.6 is 34.8 Å². The van der Waals surface area contributed by atoms with Crippen LogP contribution < -0.4 is 16.0 Å². The number of fused-ring (bicyclic) bond motifs is 1. The molecule has 0 saturated carbocycles. The molecule has 0 spiro atoms. The highest BCUT2D eigenvalue weighted by Crippen LogP contribution is 2.35. The van der Waals surface area contributed by atoms with E-state index in [0.717, 1.165) is 0 Å². The van der Waals surface area contributed by atoms with Gasteiger partial charge in [-0.05, 0) is 47.9 Å². The van der Waals surface area contributed by atoms with Gasteiger partial charge in [0.05, 0.1) is 26.4 Å². The molecule has 2 aromatic carbocycles. The number of carboxylic acids is 1. The number of amides is 2. The summed E-state index contributed by atoms with van der Waals surface area (Å²) in [5.41, 5.74) is 1.82. The molecular weight excluding hydrogens is 563 g/mol. The van der Waals surface area contributed by atoms with Crippen molar-refractivity contribution in [3.63, 3.8) is 0 Å². The predicted molar refractivity (Wildman–Crippen MR) is 142 cm³/mol. The topological polar surface area (TPSA) is 128 Å². The first-order valence-corrected chi connectivity index (χ1v) is 13.9. The van der Waals surface area contributed by atoms with Crippen LogP contribution in [0.2, 0.25) is 15.1 Å². The second kappa shape index (κ2) is 11.3. The number of carboxylic acid groups (broad SMARTS) is 1. The van der Waals surface area contributed by atoms with E-state index in [4.69, 9.17) is 34.8 Å². The largest absolute Gasteiger partial charge is 0.480 e. The highest BCUT2D eigenvalue weighted by molar-refractivity contribution is 7.84. The van der Waals surface area contributed by atoms with Gasteiger partial charge in [-0.2, -0.15) is 0 Å².